The molecule has 19 heavy (non-hydrogen) atoms. The number of nitrogens with one attached hydrogen (secondary N) is 1. The fraction of sp³-hybridized carbons (Fsp3) is 0.357. The highest BCUT2D eigenvalue weighted by Crippen LogP contribution is 2.22. The van der Waals surface area contributed by atoms with E-state index in [-0.39, 0.29) is 5.82 Å². The normalized spacial score (nSPS) is 10.6. The van der Waals surface area contributed by atoms with Crippen LogP contribution in [0.15, 0.2) is 36.9 Å². The summed E-state index contributed by atoms with van der Waals surface area (Å²) in [5.41, 5.74) is 0.838. The SMILES string of the molecule is CNCc1cccc(F)c1OCCCn1ccnc1. The zero-order chi connectivity index (χ0) is 13.5. The van der Waals surface area contributed by atoms with E-state index in [1.54, 1.807) is 18.6 Å². The largest absolute Gasteiger partial charge is 0.490 e. The molecule has 1 heterocycles. The topological polar surface area (TPSA) is 39.1 Å². The molecule has 0 fully saturated rings. The monoisotopic (exact) mass is 263 g/mol. The lowest BCUT2D eigenvalue weighted by atomic mass is 10.2. The second-order valence-corrected chi connectivity index (χ2v) is 4.26. The van der Waals surface area contributed by atoms with Crippen molar-refractivity contribution in [2.45, 2.75) is 19.5 Å². The highest BCUT2D eigenvalue weighted by molar-refractivity contribution is 5.34. The smallest absolute Gasteiger partial charge is 0.165 e. The van der Waals surface area contributed by atoms with E-state index in [1.807, 2.05) is 23.9 Å². The maximum absolute atomic E-state index is 13.7. The summed E-state index contributed by atoms with van der Waals surface area (Å²) >= 11 is 0. The number of aromatic nitrogens is 2. The van der Waals surface area contributed by atoms with Crippen LogP contribution in [0.4, 0.5) is 4.39 Å². The van der Waals surface area contributed by atoms with Crippen LogP contribution in [0.3, 0.4) is 0 Å². The average molecular weight is 263 g/mol. The van der Waals surface area contributed by atoms with Crippen molar-refractivity contribution in [1.82, 2.24) is 14.9 Å². The van der Waals surface area contributed by atoms with Crippen LogP contribution in [-0.2, 0) is 13.1 Å². The summed E-state index contributed by atoms with van der Waals surface area (Å²) in [6.07, 6.45) is 6.21. The molecule has 5 heteroatoms. The van der Waals surface area contributed by atoms with Crippen LogP contribution >= 0.6 is 0 Å². The summed E-state index contributed by atoms with van der Waals surface area (Å²) in [6, 6.07) is 4.98. The Morgan fingerprint density at radius 2 is 2.32 bits per heavy atom. The fourth-order valence-electron chi connectivity index (χ4n) is 1.89. The van der Waals surface area contributed by atoms with Crippen LogP contribution in [0, 0.1) is 5.82 Å². The Labute approximate surface area is 112 Å². The molecule has 0 spiro atoms. The number of benzene rings is 1. The van der Waals surface area contributed by atoms with Crippen LogP contribution in [0.2, 0.25) is 0 Å². The maximum atomic E-state index is 13.7. The molecule has 0 aliphatic heterocycles. The summed E-state index contributed by atoms with van der Waals surface area (Å²) in [6.45, 7) is 1.89. The molecule has 0 unspecified atom stereocenters. The van der Waals surface area contributed by atoms with Crippen molar-refractivity contribution in [1.29, 1.82) is 0 Å². The summed E-state index contributed by atoms with van der Waals surface area (Å²) < 4.78 is 21.2. The van der Waals surface area contributed by atoms with Gasteiger partial charge in [0.15, 0.2) is 11.6 Å². The molecule has 1 N–H and O–H groups in total. The van der Waals surface area contributed by atoms with Crippen LogP contribution < -0.4 is 10.1 Å². The summed E-state index contributed by atoms with van der Waals surface area (Å²) in [4.78, 5) is 3.97. The predicted molar refractivity (Wildman–Crippen MR) is 71.5 cm³/mol. The third-order valence-electron chi connectivity index (χ3n) is 2.78. The third-order valence-corrected chi connectivity index (χ3v) is 2.78. The van der Waals surface area contributed by atoms with Crippen molar-refractivity contribution in [2.75, 3.05) is 13.7 Å². The van der Waals surface area contributed by atoms with Gasteiger partial charge in [-0.3, -0.25) is 0 Å². The Morgan fingerprint density at radius 1 is 1.42 bits per heavy atom. The summed E-state index contributed by atoms with van der Waals surface area (Å²) in [5, 5.41) is 3.01. The van der Waals surface area contributed by atoms with Crippen LogP contribution in [0.1, 0.15) is 12.0 Å². The van der Waals surface area contributed by atoms with E-state index < -0.39 is 0 Å². The number of ether oxygens (including phenoxy) is 1. The molecule has 2 aromatic rings. The molecule has 1 aromatic heterocycles. The highest BCUT2D eigenvalue weighted by Gasteiger charge is 2.08. The van der Waals surface area contributed by atoms with Gasteiger partial charge in [0.2, 0.25) is 0 Å². The number of para-hydroxylation sites is 1. The molecule has 0 aliphatic carbocycles. The standard InChI is InChI=1S/C14H18FN3O/c1-16-10-12-4-2-5-13(15)14(12)19-9-3-7-18-8-6-17-11-18/h2,4-6,8,11,16H,3,7,9-10H2,1H3. The first-order chi connectivity index (χ1) is 9.31. The Hall–Kier alpha value is -1.88. The Kier molecular flexibility index (Phi) is 4.92. The van der Waals surface area contributed by atoms with Gasteiger partial charge >= 0.3 is 0 Å². The molecule has 4 nitrogen and oxygen atoms in total. The van der Waals surface area contributed by atoms with Crippen molar-refractivity contribution in [2.24, 2.45) is 0 Å². The fourth-order valence-corrected chi connectivity index (χ4v) is 1.89. The van der Waals surface area contributed by atoms with E-state index >= 15 is 0 Å². The van der Waals surface area contributed by atoms with Crippen molar-refractivity contribution in [3.8, 4) is 5.75 Å². The van der Waals surface area contributed by atoms with Gasteiger partial charge in [-0.15, -0.1) is 0 Å². The lowest BCUT2D eigenvalue weighted by Crippen LogP contribution is -2.10. The van der Waals surface area contributed by atoms with Gasteiger partial charge in [0.25, 0.3) is 0 Å². The Morgan fingerprint density at radius 3 is 3.05 bits per heavy atom. The highest BCUT2D eigenvalue weighted by atomic mass is 19.1. The summed E-state index contributed by atoms with van der Waals surface area (Å²) in [5.74, 6) is 0.0397. The first kappa shape index (κ1) is 13.5. The van der Waals surface area contributed by atoms with Gasteiger partial charge in [0.1, 0.15) is 0 Å². The van der Waals surface area contributed by atoms with Crippen LogP contribution in [-0.4, -0.2) is 23.2 Å². The maximum Gasteiger partial charge on any atom is 0.165 e. The van der Waals surface area contributed by atoms with Crippen molar-refractivity contribution in [3.05, 3.63) is 48.3 Å². The molecule has 0 amide bonds. The molecular formula is C14H18FN3O. The van der Waals surface area contributed by atoms with Gasteiger partial charge in [0.05, 0.1) is 12.9 Å². The predicted octanol–water partition coefficient (Wildman–Crippen LogP) is 2.21. The lowest BCUT2D eigenvalue weighted by molar-refractivity contribution is 0.284. The van der Waals surface area contributed by atoms with Gasteiger partial charge in [-0.05, 0) is 19.5 Å². The number of halogens is 1. The van der Waals surface area contributed by atoms with Gasteiger partial charge in [0, 0.05) is 31.0 Å². The molecule has 0 atom stereocenters. The zero-order valence-electron chi connectivity index (χ0n) is 11.0. The van der Waals surface area contributed by atoms with Crippen molar-refractivity contribution < 1.29 is 9.13 Å². The van der Waals surface area contributed by atoms with Gasteiger partial charge in [-0.1, -0.05) is 12.1 Å². The quantitative estimate of drug-likeness (QED) is 0.778. The van der Waals surface area contributed by atoms with E-state index in [0.717, 1.165) is 18.5 Å². The molecular weight excluding hydrogens is 245 g/mol. The van der Waals surface area contributed by atoms with Crippen molar-refractivity contribution >= 4 is 0 Å². The number of imidazole rings is 1. The number of nitrogens with zero attached hydrogens (tertiary/aromatic N) is 2. The minimum absolute atomic E-state index is 0.310. The molecule has 0 saturated carbocycles. The van der Waals surface area contributed by atoms with Crippen LogP contribution in [0.5, 0.6) is 5.75 Å². The minimum atomic E-state index is -0.310. The molecule has 0 radical (unpaired) electrons. The lowest BCUT2D eigenvalue weighted by Gasteiger charge is -2.12. The summed E-state index contributed by atoms with van der Waals surface area (Å²) in [7, 11) is 1.83. The first-order valence-corrected chi connectivity index (χ1v) is 6.32. The molecule has 2 rings (SSSR count). The Bertz CT molecular complexity index is 499. The third kappa shape index (κ3) is 3.79. The number of hydrogen-bond donors (Lipinski definition) is 1. The van der Waals surface area contributed by atoms with Crippen LogP contribution in [0.25, 0.3) is 0 Å². The van der Waals surface area contributed by atoms with E-state index in [2.05, 4.69) is 10.3 Å². The number of aryl methyl sites for hydroxylation is 1. The Balaban J connectivity index is 1.88. The number of hydrogen-bond acceptors (Lipinski definition) is 3. The average Bonchev–Trinajstić information content (AvgIpc) is 2.90. The van der Waals surface area contributed by atoms with E-state index in [9.17, 15) is 4.39 Å². The van der Waals surface area contributed by atoms with E-state index in [1.165, 1.54) is 6.07 Å². The zero-order valence-corrected chi connectivity index (χ0v) is 11.0. The van der Waals surface area contributed by atoms with E-state index in [0.29, 0.717) is 18.9 Å². The van der Waals surface area contributed by atoms with Gasteiger partial charge in [-0.25, -0.2) is 9.37 Å². The van der Waals surface area contributed by atoms with Gasteiger partial charge in [-0.2, -0.15) is 0 Å². The molecule has 0 bridgehead atoms. The molecule has 0 aliphatic rings. The first-order valence-electron chi connectivity index (χ1n) is 6.32. The molecule has 102 valence electrons. The number of rotatable bonds is 7. The van der Waals surface area contributed by atoms with Crippen molar-refractivity contribution in [3.63, 3.8) is 0 Å². The van der Waals surface area contributed by atoms with Gasteiger partial charge < -0.3 is 14.6 Å². The second kappa shape index (κ2) is 6.89. The van der Waals surface area contributed by atoms with E-state index in [4.69, 9.17) is 4.74 Å². The molecule has 1 aromatic carbocycles. The minimum Gasteiger partial charge on any atom is -0.490 e. The second-order valence-electron chi connectivity index (χ2n) is 4.26. The molecule has 0 saturated heterocycles.